The first-order valence-electron chi connectivity index (χ1n) is 8.11. The number of piperidine rings is 2. The van der Waals surface area contributed by atoms with E-state index in [4.69, 9.17) is 14.6 Å². The van der Waals surface area contributed by atoms with Crippen LogP contribution in [0.15, 0.2) is 28.7 Å². The number of aliphatic carboxylic acids is 1. The van der Waals surface area contributed by atoms with Crippen molar-refractivity contribution in [3.05, 3.63) is 28.7 Å². The van der Waals surface area contributed by atoms with E-state index < -0.39 is 12.1 Å². The molecule has 2 aliphatic heterocycles. The molecule has 2 aliphatic rings. The summed E-state index contributed by atoms with van der Waals surface area (Å²) >= 11 is 3.50. The molecule has 0 amide bonds. The number of alkyl halides is 3. The third-order valence-corrected chi connectivity index (χ3v) is 5.13. The lowest BCUT2D eigenvalue weighted by Crippen LogP contribution is -2.52. The molecular weight excluding hydrogens is 403 g/mol. The molecule has 2 fully saturated rings. The van der Waals surface area contributed by atoms with Gasteiger partial charge in [-0.1, -0.05) is 28.4 Å². The zero-order chi connectivity index (χ0) is 18.6. The SMILES string of the molecule is CN1[C@@H]2CCC[C@H]1CC(Oc1cccc(Br)c1)C2.O=C(O)C(F)(F)F. The average molecular weight is 424 g/mol. The van der Waals surface area contributed by atoms with E-state index in [1.54, 1.807) is 0 Å². The van der Waals surface area contributed by atoms with Gasteiger partial charge in [0.15, 0.2) is 0 Å². The minimum absolute atomic E-state index is 0.394. The van der Waals surface area contributed by atoms with Gasteiger partial charge in [-0.3, -0.25) is 0 Å². The molecule has 4 nitrogen and oxygen atoms in total. The molecule has 0 spiro atoms. The Bertz CT molecular complexity index is 583. The smallest absolute Gasteiger partial charge is 0.490 e. The third-order valence-electron chi connectivity index (χ3n) is 4.64. The maximum Gasteiger partial charge on any atom is 0.490 e. The molecule has 1 aromatic rings. The van der Waals surface area contributed by atoms with Gasteiger partial charge in [-0.25, -0.2) is 4.79 Å². The van der Waals surface area contributed by atoms with Gasteiger partial charge < -0.3 is 14.7 Å². The number of hydrogen-bond acceptors (Lipinski definition) is 3. The minimum atomic E-state index is -5.08. The maximum absolute atomic E-state index is 10.6. The fourth-order valence-corrected chi connectivity index (χ4v) is 3.77. The molecule has 2 bridgehead atoms. The predicted octanol–water partition coefficient (Wildman–Crippen LogP) is 4.48. The molecule has 1 aromatic carbocycles. The van der Waals surface area contributed by atoms with Crippen LogP contribution in [0, 0.1) is 0 Å². The molecule has 1 N–H and O–H groups in total. The number of rotatable bonds is 2. The fourth-order valence-electron chi connectivity index (χ4n) is 3.39. The summed E-state index contributed by atoms with van der Waals surface area (Å²) in [6.07, 6.45) is 1.74. The molecule has 140 valence electrons. The average Bonchev–Trinajstić information content (AvgIpc) is 2.48. The summed E-state index contributed by atoms with van der Waals surface area (Å²) in [6, 6.07) is 9.66. The number of carboxylic acid groups (broad SMARTS) is 1. The molecule has 2 heterocycles. The summed E-state index contributed by atoms with van der Waals surface area (Å²) in [5.74, 6) is -1.76. The van der Waals surface area contributed by atoms with Crippen LogP contribution >= 0.6 is 15.9 Å². The fraction of sp³-hybridized carbons (Fsp3) is 0.588. The number of hydrogen-bond donors (Lipinski definition) is 1. The quantitative estimate of drug-likeness (QED) is 0.761. The molecule has 25 heavy (non-hydrogen) atoms. The van der Waals surface area contributed by atoms with Crippen LogP contribution in [0.25, 0.3) is 0 Å². The van der Waals surface area contributed by atoms with Crippen molar-refractivity contribution in [3.63, 3.8) is 0 Å². The zero-order valence-corrected chi connectivity index (χ0v) is 15.4. The summed E-state index contributed by atoms with van der Waals surface area (Å²) in [4.78, 5) is 11.5. The Labute approximate surface area is 153 Å². The van der Waals surface area contributed by atoms with Crippen molar-refractivity contribution in [2.75, 3.05) is 7.05 Å². The van der Waals surface area contributed by atoms with Gasteiger partial charge in [0.05, 0.1) is 0 Å². The van der Waals surface area contributed by atoms with E-state index in [-0.39, 0.29) is 0 Å². The van der Waals surface area contributed by atoms with Crippen LogP contribution < -0.4 is 4.74 Å². The summed E-state index contributed by atoms with van der Waals surface area (Å²) < 4.78 is 39.0. The molecule has 1 unspecified atom stereocenters. The monoisotopic (exact) mass is 423 g/mol. The number of nitrogens with zero attached hydrogens (tertiary/aromatic N) is 1. The summed E-state index contributed by atoms with van der Waals surface area (Å²) in [6.45, 7) is 0. The topological polar surface area (TPSA) is 49.8 Å². The van der Waals surface area contributed by atoms with E-state index in [9.17, 15) is 13.2 Å². The predicted molar refractivity (Wildman–Crippen MR) is 90.7 cm³/mol. The third kappa shape index (κ3) is 5.88. The van der Waals surface area contributed by atoms with Crippen LogP contribution in [0.3, 0.4) is 0 Å². The number of carboxylic acids is 1. The second kappa shape index (κ2) is 8.40. The van der Waals surface area contributed by atoms with Crippen molar-refractivity contribution in [2.24, 2.45) is 0 Å². The first kappa shape index (κ1) is 20.0. The number of halogens is 4. The molecule has 3 atom stereocenters. The molecule has 0 aliphatic carbocycles. The van der Waals surface area contributed by atoms with E-state index in [2.05, 4.69) is 40.0 Å². The largest absolute Gasteiger partial charge is 0.490 e. The van der Waals surface area contributed by atoms with Crippen LogP contribution in [0.5, 0.6) is 5.75 Å². The number of carbonyl (C=O) groups is 1. The highest BCUT2D eigenvalue weighted by atomic mass is 79.9. The first-order chi connectivity index (χ1) is 11.7. The number of fused-ring (bicyclic) bond motifs is 2. The molecule has 0 saturated carbocycles. The highest BCUT2D eigenvalue weighted by molar-refractivity contribution is 9.10. The van der Waals surface area contributed by atoms with E-state index >= 15 is 0 Å². The second-order valence-corrected chi connectivity index (χ2v) is 7.29. The van der Waals surface area contributed by atoms with Crippen LogP contribution in [0.4, 0.5) is 13.2 Å². The van der Waals surface area contributed by atoms with Gasteiger partial charge in [-0.2, -0.15) is 13.2 Å². The van der Waals surface area contributed by atoms with Crippen LogP contribution in [-0.2, 0) is 4.79 Å². The standard InChI is InChI=1S/C15H20BrNO.C2HF3O2/c1-17-12-5-3-6-13(17)10-15(9-12)18-14-7-2-4-11(16)8-14;3-2(4,5)1(6)7/h2,4,7-8,12-13,15H,3,5-6,9-10H2,1H3;(H,6,7)/t12-,13+,15?;. The summed E-state index contributed by atoms with van der Waals surface area (Å²) in [7, 11) is 2.28. The van der Waals surface area contributed by atoms with E-state index in [1.165, 1.54) is 32.1 Å². The number of ether oxygens (including phenoxy) is 1. The minimum Gasteiger partial charge on any atom is -0.490 e. The maximum atomic E-state index is 10.6. The summed E-state index contributed by atoms with van der Waals surface area (Å²) in [5, 5.41) is 7.12. The molecule has 0 radical (unpaired) electrons. The molecule has 3 rings (SSSR count). The lowest BCUT2D eigenvalue weighted by molar-refractivity contribution is -0.192. The van der Waals surface area contributed by atoms with Gasteiger partial charge in [0.2, 0.25) is 0 Å². The van der Waals surface area contributed by atoms with Crippen molar-refractivity contribution in [2.45, 2.75) is 56.5 Å². The molecule has 0 aromatic heterocycles. The highest BCUT2D eigenvalue weighted by Gasteiger charge is 2.38. The van der Waals surface area contributed by atoms with E-state index in [0.29, 0.717) is 6.10 Å². The Morgan fingerprint density at radius 1 is 1.28 bits per heavy atom. The van der Waals surface area contributed by atoms with E-state index in [0.717, 1.165) is 22.3 Å². The highest BCUT2D eigenvalue weighted by Crippen LogP contribution is 2.34. The Balaban J connectivity index is 0.000000277. The van der Waals surface area contributed by atoms with Gasteiger partial charge in [0, 0.05) is 16.6 Å². The van der Waals surface area contributed by atoms with Gasteiger partial charge >= 0.3 is 12.1 Å². The Hall–Kier alpha value is -1.28. The van der Waals surface area contributed by atoms with Crippen molar-refractivity contribution in [3.8, 4) is 5.75 Å². The van der Waals surface area contributed by atoms with Gasteiger partial charge in [0.25, 0.3) is 0 Å². The normalized spacial score (nSPS) is 26.4. The van der Waals surface area contributed by atoms with Gasteiger partial charge in [-0.05, 0) is 50.9 Å². The van der Waals surface area contributed by atoms with Crippen molar-refractivity contribution >= 4 is 21.9 Å². The van der Waals surface area contributed by atoms with Crippen molar-refractivity contribution in [1.82, 2.24) is 4.90 Å². The molecular formula is C17H21BrF3NO3. The van der Waals surface area contributed by atoms with Gasteiger partial charge in [0.1, 0.15) is 11.9 Å². The van der Waals surface area contributed by atoms with E-state index in [1.807, 2.05) is 12.1 Å². The van der Waals surface area contributed by atoms with Crippen molar-refractivity contribution < 1.29 is 27.8 Å². The van der Waals surface area contributed by atoms with Gasteiger partial charge in [-0.15, -0.1) is 0 Å². The molecule has 2 saturated heterocycles. The summed E-state index contributed by atoms with van der Waals surface area (Å²) in [5.41, 5.74) is 0. The number of benzene rings is 1. The molecule has 8 heteroatoms. The first-order valence-corrected chi connectivity index (χ1v) is 8.90. The Morgan fingerprint density at radius 3 is 2.32 bits per heavy atom. The van der Waals surface area contributed by atoms with Crippen molar-refractivity contribution in [1.29, 1.82) is 0 Å². The zero-order valence-electron chi connectivity index (χ0n) is 13.8. The Kier molecular flexibility index (Phi) is 6.73. The Morgan fingerprint density at radius 2 is 1.84 bits per heavy atom. The van der Waals surface area contributed by atoms with Crippen LogP contribution in [0.2, 0.25) is 0 Å². The lowest BCUT2D eigenvalue weighted by Gasteiger charge is -2.46. The van der Waals surface area contributed by atoms with Crippen LogP contribution in [0.1, 0.15) is 32.1 Å². The lowest BCUT2D eigenvalue weighted by atomic mass is 9.83. The van der Waals surface area contributed by atoms with Crippen LogP contribution in [-0.4, -0.2) is 47.4 Å². The second-order valence-electron chi connectivity index (χ2n) is 6.38.